The standard InChI is InChI=1S/C29H28N2O6/c1-4-15-37-24-10-6-8-20(17-24)27(33)25-26(19-7-5-9-23(16-19)36-3)31(29(35)28(25)34)22-13-11-21(12-14-22)30-18(2)32/h5-14,16-17,26,33H,4,15H2,1-3H3,(H,30,32)/b27-25-. The number of carbonyl (C=O) groups is 3. The number of aliphatic hydroxyl groups is 1. The first kappa shape index (κ1) is 25.5. The van der Waals surface area contributed by atoms with Gasteiger partial charge in [-0.2, -0.15) is 0 Å². The number of ether oxygens (including phenoxy) is 2. The van der Waals surface area contributed by atoms with Crippen molar-refractivity contribution in [2.75, 3.05) is 23.9 Å². The first-order valence-corrected chi connectivity index (χ1v) is 11.9. The Morgan fingerprint density at radius 1 is 1.00 bits per heavy atom. The highest BCUT2D eigenvalue weighted by Crippen LogP contribution is 2.43. The van der Waals surface area contributed by atoms with E-state index in [-0.39, 0.29) is 17.2 Å². The molecule has 0 radical (unpaired) electrons. The van der Waals surface area contributed by atoms with Gasteiger partial charge in [-0.25, -0.2) is 0 Å². The lowest BCUT2D eigenvalue weighted by Gasteiger charge is -2.26. The molecule has 37 heavy (non-hydrogen) atoms. The molecule has 0 bridgehead atoms. The quantitative estimate of drug-likeness (QED) is 0.254. The van der Waals surface area contributed by atoms with Gasteiger partial charge in [0.2, 0.25) is 5.91 Å². The summed E-state index contributed by atoms with van der Waals surface area (Å²) in [6, 6.07) is 19.5. The second-order valence-corrected chi connectivity index (χ2v) is 8.55. The molecule has 3 aromatic rings. The second-order valence-electron chi connectivity index (χ2n) is 8.55. The number of anilines is 2. The Kier molecular flexibility index (Phi) is 7.57. The Morgan fingerprint density at radius 3 is 2.38 bits per heavy atom. The number of nitrogens with zero attached hydrogens (tertiary/aromatic N) is 1. The van der Waals surface area contributed by atoms with Crippen molar-refractivity contribution in [1.82, 2.24) is 0 Å². The van der Waals surface area contributed by atoms with Crippen LogP contribution in [0.5, 0.6) is 11.5 Å². The van der Waals surface area contributed by atoms with Gasteiger partial charge in [0.15, 0.2) is 0 Å². The SMILES string of the molecule is CCCOc1cccc(/C(O)=C2/C(=O)C(=O)N(c3ccc(NC(C)=O)cc3)C2c2cccc(OC)c2)c1. The maximum Gasteiger partial charge on any atom is 0.300 e. The molecule has 1 unspecified atom stereocenters. The lowest BCUT2D eigenvalue weighted by molar-refractivity contribution is -0.132. The molecule has 3 aromatic carbocycles. The smallest absolute Gasteiger partial charge is 0.300 e. The lowest BCUT2D eigenvalue weighted by atomic mass is 9.95. The number of carbonyl (C=O) groups excluding carboxylic acids is 3. The van der Waals surface area contributed by atoms with E-state index in [1.807, 2.05) is 6.92 Å². The van der Waals surface area contributed by atoms with Crippen LogP contribution in [0.1, 0.15) is 37.4 Å². The number of amides is 2. The zero-order valence-corrected chi connectivity index (χ0v) is 20.9. The van der Waals surface area contributed by atoms with Crippen LogP contribution in [0.25, 0.3) is 5.76 Å². The van der Waals surface area contributed by atoms with Crippen LogP contribution in [0.2, 0.25) is 0 Å². The topological polar surface area (TPSA) is 105 Å². The number of hydrogen-bond acceptors (Lipinski definition) is 6. The molecule has 1 heterocycles. The largest absolute Gasteiger partial charge is 0.507 e. The number of nitrogens with one attached hydrogen (secondary N) is 1. The van der Waals surface area contributed by atoms with Crippen LogP contribution < -0.4 is 19.7 Å². The molecule has 2 N–H and O–H groups in total. The third-order valence-corrected chi connectivity index (χ3v) is 5.90. The summed E-state index contributed by atoms with van der Waals surface area (Å²) in [5.41, 5.74) is 1.89. The number of ketones is 1. The average molecular weight is 501 g/mol. The van der Waals surface area contributed by atoms with Gasteiger partial charge >= 0.3 is 0 Å². The molecule has 8 nitrogen and oxygen atoms in total. The van der Waals surface area contributed by atoms with Gasteiger partial charge in [-0.3, -0.25) is 19.3 Å². The molecule has 1 aliphatic heterocycles. The van der Waals surface area contributed by atoms with Crippen LogP contribution in [0.3, 0.4) is 0 Å². The molecule has 0 saturated carbocycles. The number of rotatable bonds is 8. The van der Waals surface area contributed by atoms with Gasteiger partial charge in [-0.1, -0.05) is 31.2 Å². The highest BCUT2D eigenvalue weighted by atomic mass is 16.5. The van der Waals surface area contributed by atoms with Crippen molar-refractivity contribution in [2.24, 2.45) is 0 Å². The third kappa shape index (κ3) is 5.33. The Balaban J connectivity index is 1.86. The second kappa shape index (κ2) is 11.0. The van der Waals surface area contributed by atoms with Gasteiger partial charge < -0.3 is 19.9 Å². The van der Waals surface area contributed by atoms with Crippen molar-refractivity contribution >= 4 is 34.7 Å². The first-order valence-electron chi connectivity index (χ1n) is 11.9. The molecule has 2 amide bonds. The zero-order chi connectivity index (χ0) is 26.5. The molecule has 0 aromatic heterocycles. The van der Waals surface area contributed by atoms with E-state index in [1.165, 1.54) is 18.9 Å². The number of Topliss-reactive ketones (excluding diaryl/α,β-unsaturated/α-hetero) is 1. The Morgan fingerprint density at radius 2 is 1.70 bits per heavy atom. The van der Waals surface area contributed by atoms with Crippen LogP contribution in [-0.2, 0) is 14.4 Å². The average Bonchev–Trinajstić information content (AvgIpc) is 3.17. The predicted molar refractivity (Wildman–Crippen MR) is 141 cm³/mol. The van der Waals surface area contributed by atoms with E-state index in [0.29, 0.717) is 40.6 Å². The number of hydrogen-bond donors (Lipinski definition) is 2. The van der Waals surface area contributed by atoms with E-state index in [2.05, 4.69) is 5.32 Å². The molecule has 1 fully saturated rings. The number of benzene rings is 3. The summed E-state index contributed by atoms with van der Waals surface area (Å²) < 4.78 is 11.1. The van der Waals surface area contributed by atoms with Gasteiger partial charge in [-0.15, -0.1) is 0 Å². The zero-order valence-electron chi connectivity index (χ0n) is 20.9. The fourth-order valence-electron chi connectivity index (χ4n) is 4.24. The summed E-state index contributed by atoms with van der Waals surface area (Å²) in [6.07, 6.45) is 0.817. The predicted octanol–water partition coefficient (Wildman–Crippen LogP) is 5.07. The van der Waals surface area contributed by atoms with Gasteiger partial charge in [0.05, 0.1) is 25.3 Å². The summed E-state index contributed by atoms with van der Waals surface area (Å²) >= 11 is 0. The van der Waals surface area contributed by atoms with Crippen molar-refractivity contribution < 1.29 is 29.0 Å². The number of methoxy groups -OCH3 is 1. The van der Waals surface area contributed by atoms with Gasteiger partial charge in [0, 0.05) is 23.9 Å². The highest BCUT2D eigenvalue weighted by Gasteiger charge is 2.47. The van der Waals surface area contributed by atoms with E-state index in [0.717, 1.165) is 6.42 Å². The molecule has 0 aliphatic carbocycles. The third-order valence-electron chi connectivity index (χ3n) is 5.90. The number of aliphatic hydroxyl groups excluding tert-OH is 1. The van der Waals surface area contributed by atoms with Crippen LogP contribution in [0.4, 0.5) is 11.4 Å². The van der Waals surface area contributed by atoms with E-state index in [1.54, 1.807) is 72.8 Å². The van der Waals surface area contributed by atoms with Gasteiger partial charge in [-0.05, 0) is 60.5 Å². The maximum absolute atomic E-state index is 13.4. The van der Waals surface area contributed by atoms with E-state index < -0.39 is 17.7 Å². The van der Waals surface area contributed by atoms with E-state index in [9.17, 15) is 19.5 Å². The highest BCUT2D eigenvalue weighted by molar-refractivity contribution is 6.51. The molecule has 1 aliphatic rings. The van der Waals surface area contributed by atoms with Crippen molar-refractivity contribution in [3.8, 4) is 11.5 Å². The van der Waals surface area contributed by atoms with Crippen LogP contribution in [0.15, 0.2) is 78.4 Å². The summed E-state index contributed by atoms with van der Waals surface area (Å²) in [5, 5.41) is 14.1. The molecule has 190 valence electrons. The molecule has 1 atom stereocenters. The fourth-order valence-corrected chi connectivity index (χ4v) is 4.24. The first-order chi connectivity index (χ1) is 17.8. The van der Waals surface area contributed by atoms with E-state index in [4.69, 9.17) is 9.47 Å². The minimum Gasteiger partial charge on any atom is -0.507 e. The fraction of sp³-hybridized carbons (Fsp3) is 0.207. The minimum atomic E-state index is -0.915. The minimum absolute atomic E-state index is 0.0446. The van der Waals surface area contributed by atoms with Crippen molar-refractivity contribution in [2.45, 2.75) is 26.3 Å². The monoisotopic (exact) mass is 500 g/mol. The Bertz CT molecular complexity index is 1360. The summed E-state index contributed by atoms with van der Waals surface area (Å²) in [5.74, 6) is -1.03. The molecular formula is C29H28N2O6. The normalized spacial score (nSPS) is 16.5. The Hall–Kier alpha value is -4.59. The lowest BCUT2D eigenvalue weighted by Crippen LogP contribution is -2.29. The summed E-state index contributed by atoms with van der Waals surface area (Å²) in [7, 11) is 1.53. The van der Waals surface area contributed by atoms with Crippen LogP contribution in [-0.4, -0.2) is 36.4 Å². The van der Waals surface area contributed by atoms with E-state index >= 15 is 0 Å². The van der Waals surface area contributed by atoms with Crippen LogP contribution in [0, 0.1) is 0 Å². The summed E-state index contributed by atoms with van der Waals surface area (Å²) in [4.78, 5) is 39.5. The van der Waals surface area contributed by atoms with Gasteiger partial charge in [0.25, 0.3) is 11.7 Å². The van der Waals surface area contributed by atoms with Crippen LogP contribution >= 0.6 is 0 Å². The molecule has 0 spiro atoms. The van der Waals surface area contributed by atoms with Crippen molar-refractivity contribution in [3.63, 3.8) is 0 Å². The van der Waals surface area contributed by atoms with Gasteiger partial charge in [0.1, 0.15) is 17.3 Å². The maximum atomic E-state index is 13.4. The molecule has 8 heteroatoms. The van der Waals surface area contributed by atoms with Crippen molar-refractivity contribution in [3.05, 3.63) is 89.5 Å². The molecule has 1 saturated heterocycles. The molecular weight excluding hydrogens is 472 g/mol. The molecule has 4 rings (SSSR count). The Labute approximate surface area is 215 Å². The summed E-state index contributed by atoms with van der Waals surface area (Å²) in [6.45, 7) is 3.90. The van der Waals surface area contributed by atoms with Crippen molar-refractivity contribution in [1.29, 1.82) is 0 Å².